The van der Waals surface area contributed by atoms with E-state index in [4.69, 9.17) is 14.2 Å². The van der Waals surface area contributed by atoms with E-state index < -0.39 is 18.1 Å². The van der Waals surface area contributed by atoms with Crippen LogP contribution in [0.1, 0.15) is 49.8 Å². The summed E-state index contributed by atoms with van der Waals surface area (Å²) in [6, 6.07) is 8.80. The molecule has 6 nitrogen and oxygen atoms in total. The Morgan fingerprint density at radius 3 is 2.43 bits per heavy atom. The molecule has 2 amide bonds. The predicted octanol–water partition coefficient (Wildman–Crippen LogP) is 5.72. The molecule has 0 aromatic heterocycles. The second-order valence-electron chi connectivity index (χ2n) is 9.25. The van der Waals surface area contributed by atoms with E-state index in [1.54, 1.807) is 26.0 Å². The van der Waals surface area contributed by atoms with Crippen LogP contribution in [0, 0.1) is 31.4 Å². The van der Waals surface area contributed by atoms with Crippen LogP contribution in [0.25, 0.3) is 0 Å². The van der Waals surface area contributed by atoms with Gasteiger partial charge in [-0.25, -0.2) is 18.5 Å². The number of benzene rings is 2. The van der Waals surface area contributed by atoms with Crippen molar-refractivity contribution < 1.29 is 32.6 Å². The third kappa shape index (κ3) is 7.01. The third-order valence-electron chi connectivity index (χ3n) is 6.09. The van der Waals surface area contributed by atoms with Crippen molar-refractivity contribution in [3.05, 3.63) is 64.7 Å². The van der Waals surface area contributed by atoms with Crippen molar-refractivity contribution in [1.29, 1.82) is 0 Å². The summed E-state index contributed by atoms with van der Waals surface area (Å²) < 4.78 is 43.9. The smallest absolute Gasteiger partial charge is 0.417 e. The first kappa shape index (κ1) is 26.6. The van der Waals surface area contributed by atoms with Crippen LogP contribution in [0.5, 0.6) is 5.75 Å². The lowest BCUT2D eigenvalue weighted by molar-refractivity contribution is -0.137. The summed E-state index contributed by atoms with van der Waals surface area (Å²) in [4.78, 5) is 26.8. The molecule has 1 aliphatic heterocycles. The van der Waals surface area contributed by atoms with Gasteiger partial charge >= 0.3 is 6.09 Å². The molecule has 0 bridgehead atoms. The fraction of sp³-hybridized carbons (Fsp3) is 0.481. The summed E-state index contributed by atoms with van der Waals surface area (Å²) in [7, 11) is 0. The topological polar surface area (TPSA) is 65.1 Å². The lowest BCUT2D eigenvalue weighted by Crippen LogP contribution is -2.48. The van der Waals surface area contributed by atoms with Gasteiger partial charge in [0.25, 0.3) is 5.91 Å². The minimum absolute atomic E-state index is 0.0302. The Labute approximate surface area is 205 Å². The molecule has 2 atom stereocenters. The molecule has 1 aliphatic rings. The molecule has 3 rings (SSSR count). The Morgan fingerprint density at radius 2 is 1.77 bits per heavy atom. The van der Waals surface area contributed by atoms with E-state index in [9.17, 15) is 18.4 Å². The van der Waals surface area contributed by atoms with E-state index in [1.807, 2.05) is 13.8 Å². The van der Waals surface area contributed by atoms with Gasteiger partial charge in [0.15, 0.2) is 6.10 Å². The number of cyclic esters (lactones) is 1. The van der Waals surface area contributed by atoms with Gasteiger partial charge in [0.1, 0.15) is 24.0 Å². The normalized spacial score (nSPS) is 16.5. The van der Waals surface area contributed by atoms with Gasteiger partial charge in [0.2, 0.25) is 0 Å². The molecule has 0 radical (unpaired) electrons. The van der Waals surface area contributed by atoms with Gasteiger partial charge in [-0.2, -0.15) is 0 Å². The Bertz CT molecular complexity index is 1040. The van der Waals surface area contributed by atoms with E-state index in [-0.39, 0.29) is 30.2 Å². The van der Waals surface area contributed by atoms with Gasteiger partial charge in [-0.15, -0.1) is 0 Å². The van der Waals surface area contributed by atoms with Crippen LogP contribution in [0.15, 0.2) is 36.4 Å². The number of amides is 2. The van der Waals surface area contributed by atoms with Crippen LogP contribution in [-0.2, 0) is 20.9 Å². The Morgan fingerprint density at radius 1 is 1.09 bits per heavy atom. The van der Waals surface area contributed by atoms with E-state index >= 15 is 0 Å². The van der Waals surface area contributed by atoms with Gasteiger partial charge in [0, 0.05) is 6.61 Å². The number of hydrogen-bond acceptors (Lipinski definition) is 5. The van der Waals surface area contributed by atoms with E-state index in [0.29, 0.717) is 49.4 Å². The molecule has 8 heteroatoms. The van der Waals surface area contributed by atoms with Crippen molar-refractivity contribution in [3.8, 4) is 5.75 Å². The maximum atomic E-state index is 13.7. The molecule has 0 saturated carbocycles. The van der Waals surface area contributed by atoms with Crippen molar-refractivity contribution in [3.63, 3.8) is 0 Å². The zero-order valence-corrected chi connectivity index (χ0v) is 20.7. The molecule has 190 valence electrons. The van der Waals surface area contributed by atoms with Gasteiger partial charge in [-0.3, -0.25) is 4.79 Å². The molecule has 1 fully saturated rings. The van der Waals surface area contributed by atoms with Crippen molar-refractivity contribution >= 4 is 12.0 Å². The molecule has 35 heavy (non-hydrogen) atoms. The number of carbonyl (C=O) groups excluding carboxylic acids is 2. The lowest BCUT2D eigenvalue weighted by Gasteiger charge is -2.27. The Hall–Kier alpha value is -3.00. The monoisotopic (exact) mass is 489 g/mol. The largest absolute Gasteiger partial charge is 0.481 e. The SMILES string of the molecule is Cc1cc(COCCCCC(Oc2ccc(F)c(C)c2)C(=O)N2C(=O)OCC2C(C)C)ccc1F. The number of hydrogen-bond donors (Lipinski definition) is 0. The van der Waals surface area contributed by atoms with Crippen LogP contribution in [0.4, 0.5) is 13.6 Å². The molecule has 1 heterocycles. The van der Waals surface area contributed by atoms with Crippen LogP contribution >= 0.6 is 0 Å². The van der Waals surface area contributed by atoms with Crippen LogP contribution in [-0.4, -0.2) is 42.3 Å². The third-order valence-corrected chi connectivity index (χ3v) is 6.09. The molecule has 2 aromatic rings. The van der Waals surface area contributed by atoms with Crippen molar-refractivity contribution in [2.24, 2.45) is 5.92 Å². The lowest BCUT2D eigenvalue weighted by atomic mass is 10.0. The highest BCUT2D eigenvalue weighted by atomic mass is 19.1. The first-order valence-electron chi connectivity index (χ1n) is 11.9. The Balaban J connectivity index is 1.60. The molecular weight excluding hydrogens is 456 g/mol. The van der Waals surface area contributed by atoms with Gasteiger partial charge in [0.05, 0.1) is 12.6 Å². The highest BCUT2D eigenvalue weighted by Gasteiger charge is 2.42. The number of nitrogens with zero attached hydrogens (tertiary/aromatic N) is 1. The number of unbranched alkanes of at least 4 members (excludes halogenated alkanes) is 1. The predicted molar refractivity (Wildman–Crippen MR) is 127 cm³/mol. The highest BCUT2D eigenvalue weighted by molar-refractivity contribution is 5.96. The number of rotatable bonds is 11. The average Bonchev–Trinajstić information content (AvgIpc) is 3.21. The van der Waals surface area contributed by atoms with Crippen molar-refractivity contribution in [2.75, 3.05) is 13.2 Å². The summed E-state index contributed by atoms with van der Waals surface area (Å²) >= 11 is 0. The molecular formula is C27H33F2NO5. The number of carbonyl (C=O) groups is 2. The quantitative estimate of drug-likeness (QED) is 0.378. The zero-order chi connectivity index (χ0) is 25.5. The summed E-state index contributed by atoms with van der Waals surface area (Å²) in [5.41, 5.74) is 1.86. The molecule has 0 aliphatic carbocycles. The number of ether oxygens (including phenoxy) is 3. The van der Waals surface area contributed by atoms with E-state index in [1.165, 1.54) is 24.3 Å². The first-order chi connectivity index (χ1) is 16.7. The van der Waals surface area contributed by atoms with Gasteiger partial charge < -0.3 is 14.2 Å². The van der Waals surface area contributed by atoms with E-state index in [2.05, 4.69) is 0 Å². The maximum Gasteiger partial charge on any atom is 0.417 e. The minimum atomic E-state index is -0.925. The maximum absolute atomic E-state index is 13.7. The van der Waals surface area contributed by atoms with Gasteiger partial charge in [-0.05, 0) is 80.0 Å². The van der Waals surface area contributed by atoms with Crippen LogP contribution < -0.4 is 4.74 Å². The summed E-state index contributed by atoms with van der Waals surface area (Å²) in [5, 5.41) is 0. The average molecular weight is 490 g/mol. The number of imide groups is 1. The fourth-order valence-electron chi connectivity index (χ4n) is 3.94. The molecule has 1 saturated heterocycles. The first-order valence-corrected chi connectivity index (χ1v) is 11.9. The summed E-state index contributed by atoms with van der Waals surface area (Å²) in [5.74, 6) is -0.684. The van der Waals surface area contributed by atoms with Crippen LogP contribution in [0.2, 0.25) is 0 Å². The molecule has 0 N–H and O–H groups in total. The highest BCUT2D eigenvalue weighted by Crippen LogP contribution is 2.25. The fourth-order valence-corrected chi connectivity index (χ4v) is 3.94. The Kier molecular flexibility index (Phi) is 9.20. The van der Waals surface area contributed by atoms with Crippen molar-refractivity contribution in [2.45, 2.75) is 65.7 Å². The zero-order valence-electron chi connectivity index (χ0n) is 20.7. The molecule has 2 aromatic carbocycles. The summed E-state index contributed by atoms with van der Waals surface area (Å²) in [6.07, 6.45) is 0.0207. The molecule has 0 spiro atoms. The number of aryl methyl sites for hydroxylation is 2. The van der Waals surface area contributed by atoms with Crippen LogP contribution in [0.3, 0.4) is 0 Å². The van der Waals surface area contributed by atoms with E-state index in [0.717, 1.165) is 10.5 Å². The standard InChI is InChI=1S/C27H33F2NO5/c1-17(2)24-16-34-27(32)30(24)26(31)25(35-21-9-11-23(29)19(4)14-21)7-5-6-12-33-15-20-8-10-22(28)18(3)13-20/h8-11,13-14,17,24-25H,5-7,12,15-16H2,1-4H3. The summed E-state index contributed by atoms with van der Waals surface area (Å²) in [6.45, 7) is 8.14. The molecule has 2 unspecified atom stereocenters. The second-order valence-corrected chi connectivity index (χ2v) is 9.25. The minimum Gasteiger partial charge on any atom is -0.481 e. The van der Waals surface area contributed by atoms with Gasteiger partial charge in [-0.1, -0.05) is 26.0 Å². The van der Waals surface area contributed by atoms with Crippen molar-refractivity contribution in [1.82, 2.24) is 4.90 Å². The second kappa shape index (κ2) is 12.1. The number of halogens is 2.